The van der Waals surface area contributed by atoms with Gasteiger partial charge in [-0.25, -0.2) is 4.98 Å². The number of rotatable bonds is 2. The standard InChI is InChI=1S/C19H15ClN4O2/c1-11-6-7-12(20)9-14(11)21-18(25)15-10-13-17(23(15)2)22-16-5-3-4-8-24(16)19(13)26/h3-10H,1-2H3,(H,21,25). The van der Waals surface area contributed by atoms with Crippen LogP contribution in [0.2, 0.25) is 5.02 Å². The van der Waals surface area contributed by atoms with Gasteiger partial charge in [0.05, 0.1) is 5.39 Å². The highest BCUT2D eigenvalue weighted by Crippen LogP contribution is 2.22. The highest BCUT2D eigenvalue weighted by molar-refractivity contribution is 6.31. The third-order valence-corrected chi connectivity index (χ3v) is 4.62. The Labute approximate surface area is 153 Å². The molecule has 0 aliphatic carbocycles. The third-order valence-electron chi connectivity index (χ3n) is 4.39. The summed E-state index contributed by atoms with van der Waals surface area (Å²) < 4.78 is 3.09. The van der Waals surface area contributed by atoms with Gasteiger partial charge in [-0.05, 0) is 42.8 Å². The van der Waals surface area contributed by atoms with Gasteiger partial charge in [0.25, 0.3) is 11.5 Å². The minimum Gasteiger partial charge on any atom is -0.324 e. The van der Waals surface area contributed by atoms with E-state index in [1.54, 1.807) is 48.1 Å². The van der Waals surface area contributed by atoms with E-state index in [9.17, 15) is 9.59 Å². The summed E-state index contributed by atoms with van der Waals surface area (Å²) in [5, 5.41) is 3.78. The third kappa shape index (κ3) is 2.55. The van der Waals surface area contributed by atoms with Gasteiger partial charge in [0, 0.05) is 24.0 Å². The molecular formula is C19H15ClN4O2. The van der Waals surface area contributed by atoms with Gasteiger partial charge in [0.15, 0.2) is 0 Å². The van der Waals surface area contributed by atoms with Crippen molar-refractivity contribution in [1.82, 2.24) is 14.0 Å². The normalized spacial score (nSPS) is 11.2. The number of fused-ring (bicyclic) bond motifs is 2. The number of hydrogen-bond acceptors (Lipinski definition) is 3. The number of amides is 1. The second-order valence-corrected chi connectivity index (χ2v) is 6.52. The average Bonchev–Trinajstić information content (AvgIpc) is 2.96. The molecule has 1 amide bonds. The molecule has 26 heavy (non-hydrogen) atoms. The lowest BCUT2D eigenvalue weighted by Gasteiger charge is -2.09. The molecule has 4 rings (SSSR count). The number of nitrogens with zero attached hydrogens (tertiary/aromatic N) is 3. The van der Waals surface area contributed by atoms with Crippen LogP contribution >= 0.6 is 11.6 Å². The monoisotopic (exact) mass is 366 g/mol. The van der Waals surface area contributed by atoms with Gasteiger partial charge >= 0.3 is 0 Å². The predicted octanol–water partition coefficient (Wildman–Crippen LogP) is 3.40. The molecule has 0 atom stereocenters. The number of hydrogen-bond donors (Lipinski definition) is 1. The van der Waals surface area contributed by atoms with Crippen LogP contribution in [-0.4, -0.2) is 19.9 Å². The van der Waals surface area contributed by atoms with Gasteiger partial charge in [-0.3, -0.25) is 14.0 Å². The summed E-state index contributed by atoms with van der Waals surface area (Å²) in [6.45, 7) is 1.88. The molecular weight excluding hydrogens is 352 g/mol. The summed E-state index contributed by atoms with van der Waals surface area (Å²) in [5.74, 6) is -0.329. The van der Waals surface area contributed by atoms with Crippen molar-refractivity contribution in [3.05, 3.63) is 75.3 Å². The summed E-state index contributed by atoms with van der Waals surface area (Å²) in [4.78, 5) is 30.0. The number of carbonyl (C=O) groups is 1. The van der Waals surface area contributed by atoms with E-state index in [0.29, 0.717) is 33.1 Å². The fourth-order valence-corrected chi connectivity index (χ4v) is 3.13. The fraction of sp³-hybridized carbons (Fsp3) is 0.105. The van der Waals surface area contributed by atoms with Gasteiger partial charge < -0.3 is 9.88 Å². The first-order valence-electron chi connectivity index (χ1n) is 8.00. The van der Waals surface area contributed by atoms with Crippen LogP contribution in [0.3, 0.4) is 0 Å². The molecule has 3 aromatic heterocycles. The maximum Gasteiger partial charge on any atom is 0.272 e. The summed E-state index contributed by atoms with van der Waals surface area (Å²) >= 11 is 6.01. The maximum atomic E-state index is 12.8. The molecule has 0 aliphatic heterocycles. The molecule has 0 radical (unpaired) electrons. The highest BCUT2D eigenvalue weighted by atomic mass is 35.5. The summed E-state index contributed by atoms with van der Waals surface area (Å²) in [7, 11) is 1.72. The zero-order valence-electron chi connectivity index (χ0n) is 14.2. The van der Waals surface area contributed by atoms with Gasteiger partial charge in [-0.1, -0.05) is 23.7 Å². The van der Waals surface area contributed by atoms with Crippen LogP contribution in [-0.2, 0) is 7.05 Å². The summed E-state index contributed by atoms with van der Waals surface area (Å²) in [6.07, 6.45) is 1.66. The van der Waals surface area contributed by atoms with Gasteiger partial charge in [-0.15, -0.1) is 0 Å². The van der Waals surface area contributed by atoms with E-state index in [1.807, 2.05) is 19.1 Å². The summed E-state index contributed by atoms with van der Waals surface area (Å²) in [5.41, 5.74) is 2.66. The molecule has 7 heteroatoms. The van der Waals surface area contributed by atoms with Crippen molar-refractivity contribution < 1.29 is 4.79 Å². The maximum absolute atomic E-state index is 12.8. The second-order valence-electron chi connectivity index (χ2n) is 6.09. The number of aryl methyl sites for hydroxylation is 2. The minimum atomic E-state index is -0.329. The Balaban J connectivity index is 1.84. The van der Waals surface area contributed by atoms with Gasteiger partial charge in [0.2, 0.25) is 0 Å². The van der Waals surface area contributed by atoms with Gasteiger partial charge in [0.1, 0.15) is 17.0 Å². The van der Waals surface area contributed by atoms with E-state index in [2.05, 4.69) is 10.3 Å². The van der Waals surface area contributed by atoms with E-state index in [4.69, 9.17) is 11.6 Å². The number of aromatic nitrogens is 3. The molecule has 0 saturated heterocycles. The van der Waals surface area contributed by atoms with E-state index in [1.165, 1.54) is 4.40 Å². The zero-order valence-corrected chi connectivity index (χ0v) is 14.9. The van der Waals surface area contributed by atoms with Crippen LogP contribution in [0.15, 0.2) is 53.5 Å². The van der Waals surface area contributed by atoms with E-state index >= 15 is 0 Å². The first-order valence-corrected chi connectivity index (χ1v) is 8.38. The Morgan fingerprint density at radius 3 is 2.81 bits per heavy atom. The van der Waals surface area contributed by atoms with Crippen molar-refractivity contribution >= 4 is 39.9 Å². The molecule has 0 fully saturated rings. The highest BCUT2D eigenvalue weighted by Gasteiger charge is 2.18. The lowest BCUT2D eigenvalue weighted by molar-refractivity contribution is 0.101. The van der Waals surface area contributed by atoms with Crippen LogP contribution in [0.5, 0.6) is 0 Å². The van der Waals surface area contributed by atoms with Crippen molar-refractivity contribution in [1.29, 1.82) is 0 Å². The number of carbonyl (C=O) groups excluding carboxylic acids is 1. The largest absolute Gasteiger partial charge is 0.324 e. The molecule has 1 aromatic carbocycles. The van der Waals surface area contributed by atoms with Crippen LogP contribution in [0, 0.1) is 6.92 Å². The number of halogens is 1. The van der Waals surface area contributed by atoms with Crippen molar-refractivity contribution in [3.63, 3.8) is 0 Å². The van der Waals surface area contributed by atoms with Gasteiger partial charge in [-0.2, -0.15) is 0 Å². The topological polar surface area (TPSA) is 68.4 Å². The first kappa shape index (κ1) is 16.4. The van der Waals surface area contributed by atoms with Crippen molar-refractivity contribution in [2.45, 2.75) is 6.92 Å². The van der Waals surface area contributed by atoms with Crippen molar-refractivity contribution in [2.75, 3.05) is 5.32 Å². The fourth-order valence-electron chi connectivity index (χ4n) is 2.95. The molecule has 0 bridgehead atoms. The smallest absolute Gasteiger partial charge is 0.272 e. The van der Waals surface area contributed by atoms with Crippen LogP contribution in [0.4, 0.5) is 5.69 Å². The number of pyridine rings is 1. The lowest BCUT2D eigenvalue weighted by Crippen LogP contribution is -2.16. The van der Waals surface area contributed by atoms with Crippen molar-refractivity contribution in [3.8, 4) is 0 Å². The molecule has 0 aliphatic rings. The first-order chi connectivity index (χ1) is 12.5. The Bertz CT molecular complexity index is 1240. The van der Waals surface area contributed by atoms with E-state index < -0.39 is 0 Å². The average molecular weight is 367 g/mol. The molecule has 6 nitrogen and oxygen atoms in total. The number of anilines is 1. The van der Waals surface area contributed by atoms with Crippen LogP contribution in [0.25, 0.3) is 16.7 Å². The molecule has 0 spiro atoms. The zero-order chi connectivity index (χ0) is 18.4. The Hall–Kier alpha value is -3.12. The molecule has 0 unspecified atom stereocenters. The Morgan fingerprint density at radius 1 is 1.19 bits per heavy atom. The molecule has 130 valence electrons. The van der Waals surface area contributed by atoms with Crippen LogP contribution in [0.1, 0.15) is 16.1 Å². The number of nitrogens with one attached hydrogen (secondary N) is 1. The van der Waals surface area contributed by atoms with E-state index in [0.717, 1.165) is 5.56 Å². The quantitative estimate of drug-likeness (QED) is 0.591. The Kier molecular flexibility index (Phi) is 3.77. The minimum absolute atomic E-state index is 0.209. The number of benzene rings is 1. The molecule has 1 N–H and O–H groups in total. The molecule has 4 aromatic rings. The summed E-state index contributed by atoms with van der Waals surface area (Å²) in [6, 6.07) is 12.2. The Morgan fingerprint density at radius 2 is 2.00 bits per heavy atom. The molecule has 0 saturated carbocycles. The predicted molar refractivity (Wildman–Crippen MR) is 102 cm³/mol. The van der Waals surface area contributed by atoms with Crippen LogP contribution < -0.4 is 10.9 Å². The lowest BCUT2D eigenvalue weighted by atomic mass is 10.2. The van der Waals surface area contributed by atoms with E-state index in [-0.39, 0.29) is 11.5 Å². The van der Waals surface area contributed by atoms with Crippen molar-refractivity contribution in [2.24, 2.45) is 7.05 Å². The molecule has 3 heterocycles. The second kappa shape index (κ2) is 6.00. The SMILES string of the molecule is Cc1ccc(Cl)cc1NC(=O)c1cc2c(=O)n3ccccc3nc2n1C.